The summed E-state index contributed by atoms with van der Waals surface area (Å²) < 4.78 is 0. The molecular formula is C20H36. The molecule has 0 spiro atoms. The van der Waals surface area contributed by atoms with E-state index < -0.39 is 0 Å². The van der Waals surface area contributed by atoms with Crippen molar-refractivity contribution in [1.29, 1.82) is 0 Å². The summed E-state index contributed by atoms with van der Waals surface area (Å²) in [5, 5.41) is 0. The molecule has 3 unspecified atom stereocenters. The van der Waals surface area contributed by atoms with E-state index >= 15 is 0 Å². The molecule has 20 heavy (non-hydrogen) atoms. The van der Waals surface area contributed by atoms with Crippen LogP contribution >= 0.6 is 0 Å². The van der Waals surface area contributed by atoms with E-state index in [1.165, 1.54) is 44.9 Å². The van der Waals surface area contributed by atoms with Crippen LogP contribution in [0, 0.1) is 40.4 Å². The van der Waals surface area contributed by atoms with Gasteiger partial charge in [-0.25, -0.2) is 0 Å². The fourth-order valence-corrected chi connectivity index (χ4v) is 6.80. The Bertz CT molecular complexity index is 353. The van der Waals surface area contributed by atoms with E-state index in [9.17, 15) is 0 Å². The van der Waals surface area contributed by atoms with Crippen LogP contribution in [-0.4, -0.2) is 0 Å². The van der Waals surface area contributed by atoms with E-state index in [0.29, 0.717) is 10.8 Å². The number of hydrogen-bond donors (Lipinski definition) is 0. The lowest BCUT2D eigenvalue weighted by Crippen LogP contribution is -2.53. The third kappa shape index (κ3) is 2.26. The molecule has 0 saturated heterocycles. The lowest BCUT2D eigenvalue weighted by atomic mass is 9.44. The van der Waals surface area contributed by atoms with Gasteiger partial charge in [0.2, 0.25) is 0 Å². The van der Waals surface area contributed by atoms with Crippen LogP contribution in [0.5, 0.6) is 0 Å². The van der Waals surface area contributed by atoms with Gasteiger partial charge < -0.3 is 0 Å². The molecule has 116 valence electrons. The summed E-state index contributed by atoms with van der Waals surface area (Å²) in [6.07, 6.45) is 12.1. The molecule has 0 heterocycles. The van der Waals surface area contributed by atoms with E-state index in [0.717, 1.165) is 29.6 Å². The highest BCUT2D eigenvalue weighted by Gasteiger charge is 2.55. The Kier molecular flexibility index (Phi) is 3.75. The Labute approximate surface area is 127 Å². The van der Waals surface area contributed by atoms with Crippen molar-refractivity contribution >= 4 is 0 Å². The zero-order valence-corrected chi connectivity index (χ0v) is 14.5. The first-order valence-corrected chi connectivity index (χ1v) is 9.34. The van der Waals surface area contributed by atoms with Crippen molar-refractivity contribution < 1.29 is 0 Å². The van der Waals surface area contributed by atoms with Crippen molar-refractivity contribution in [2.75, 3.05) is 0 Å². The fourth-order valence-electron chi connectivity index (χ4n) is 6.80. The van der Waals surface area contributed by atoms with E-state index in [2.05, 4.69) is 34.6 Å². The molecule has 0 aromatic carbocycles. The third-order valence-electron chi connectivity index (χ3n) is 7.91. The maximum Gasteiger partial charge on any atom is -0.0261 e. The highest BCUT2D eigenvalue weighted by molar-refractivity contribution is 5.04. The second-order valence-electron chi connectivity index (χ2n) is 9.66. The van der Waals surface area contributed by atoms with Crippen LogP contribution in [-0.2, 0) is 0 Å². The van der Waals surface area contributed by atoms with Gasteiger partial charge >= 0.3 is 0 Å². The molecule has 3 rings (SSSR count). The minimum absolute atomic E-state index is 0.604. The van der Waals surface area contributed by atoms with Crippen molar-refractivity contribution in [2.24, 2.45) is 40.4 Å². The molecule has 0 amide bonds. The molecule has 0 bridgehead atoms. The zero-order valence-electron chi connectivity index (χ0n) is 14.5. The van der Waals surface area contributed by atoms with Gasteiger partial charge in [-0.1, -0.05) is 41.0 Å². The summed E-state index contributed by atoms with van der Waals surface area (Å²) in [6, 6.07) is 0. The average Bonchev–Trinajstić information content (AvgIpc) is 2.37. The highest BCUT2D eigenvalue weighted by atomic mass is 14.6. The number of rotatable bonds is 1. The van der Waals surface area contributed by atoms with Crippen LogP contribution in [0.25, 0.3) is 0 Å². The average molecular weight is 277 g/mol. The minimum atomic E-state index is 0.604. The Hall–Kier alpha value is 0. The lowest BCUT2D eigenvalue weighted by Gasteiger charge is -2.61. The maximum atomic E-state index is 2.69. The number of hydrogen-bond acceptors (Lipinski definition) is 0. The fraction of sp³-hybridized carbons (Fsp3) is 1.00. The molecule has 3 aliphatic rings. The smallest absolute Gasteiger partial charge is 0.0261 e. The Balaban J connectivity index is 1.81. The predicted octanol–water partition coefficient (Wildman–Crippen LogP) is 6.30. The maximum absolute atomic E-state index is 2.69. The summed E-state index contributed by atoms with van der Waals surface area (Å²) in [5.74, 6) is 5.04. The zero-order chi connectivity index (χ0) is 14.5. The minimum Gasteiger partial charge on any atom is -0.0625 e. The van der Waals surface area contributed by atoms with Crippen molar-refractivity contribution in [2.45, 2.75) is 86.0 Å². The van der Waals surface area contributed by atoms with Crippen LogP contribution in [0.3, 0.4) is 0 Å². The predicted molar refractivity (Wildman–Crippen MR) is 87.6 cm³/mol. The van der Waals surface area contributed by atoms with Crippen molar-refractivity contribution in [1.82, 2.24) is 0 Å². The van der Waals surface area contributed by atoms with E-state index in [1.807, 2.05) is 0 Å². The van der Waals surface area contributed by atoms with E-state index in [-0.39, 0.29) is 0 Å². The molecule has 5 atom stereocenters. The van der Waals surface area contributed by atoms with Gasteiger partial charge in [0, 0.05) is 0 Å². The van der Waals surface area contributed by atoms with Crippen LogP contribution in [0.15, 0.2) is 0 Å². The van der Waals surface area contributed by atoms with Gasteiger partial charge in [-0.05, 0) is 85.4 Å². The molecule has 0 nitrogen and oxygen atoms in total. The second kappa shape index (κ2) is 5.03. The van der Waals surface area contributed by atoms with Gasteiger partial charge in [0.1, 0.15) is 0 Å². The van der Waals surface area contributed by atoms with Gasteiger partial charge in [0.05, 0.1) is 0 Å². The van der Waals surface area contributed by atoms with Crippen LogP contribution in [0.2, 0.25) is 0 Å². The van der Waals surface area contributed by atoms with Crippen LogP contribution in [0.4, 0.5) is 0 Å². The van der Waals surface area contributed by atoms with Gasteiger partial charge in [-0.15, -0.1) is 0 Å². The van der Waals surface area contributed by atoms with Gasteiger partial charge in [-0.2, -0.15) is 0 Å². The van der Waals surface area contributed by atoms with Crippen LogP contribution in [0.1, 0.15) is 86.0 Å². The summed E-state index contributed by atoms with van der Waals surface area (Å²) in [4.78, 5) is 0. The molecule has 3 aliphatic carbocycles. The quantitative estimate of drug-likeness (QED) is 0.527. The molecule has 3 fully saturated rings. The molecule has 0 aliphatic heterocycles. The molecular weight excluding hydrogens is 240 g/mol. The Morgan fingerprint density at radius 2 is 1.65 bits per heavy atom. The van der Waals surface area contributed by atoms with E-state index in [4.69, 9.17) is 0 Å². The summed E-state index contributed by atoms with van der Waals surface area (Å²) in [6.45, 7) is 12.7. The van der Waals surface area contributed by atoms with Gasteiger partial charge in [0.25, 0.3) is 0 Å². The Morgan fingerprint density at radius 1 is 0.900 bits per heavy atom. The molecule has 3 saturated carbocycles. The highest BCUT2D eigenvalue weighted by Crippen LogP contribution is 2.64. The summed E-state index contributed by atoms with van der Waals surface area (Å²) >= 11 is 0. The molecule has 0 N–H and O–H groups in total. The van der Waals surface area contributed by atoms with Gasteiger partial charge in [0.15, 0.2) is 0 Å². The largest absolute Gasteiger partial charge is 0.0625 e. The second-order valence-corrected chi connectivity index (χ2v) is 9.66. The molecule has 0 aromatic rings. The monoisotopic (exact) mass is 276 g/mol. The first-order chi connectivity index (χ1) is 9.34. The SMILES string of the molecule is CC(C)C1CC[C@@H]2C(CCC3C(C)(C)CCC[C@@]32C)C1. The molecule has 0 heteroatoms. The first-order valence-electron chi connectivity index (χ1n) is 9.34. The van der Waals surface area contributed by atoms with Crippen molar-refractivity contribution in [3.63, 3.8) is 0 Å². The lowest BCUT2D eigenvalue weighted by molar-refractivity contribution is -0.117. The van der Waals surface area contributed by atoms with Crippen LogP contribution < -0.4 is 0 Å². The first kappa shape index (κ1) is 14.9. The van der Waals surface area contributed by atoms with Crippen molar-refractivity contribution in [3.05, 3.63) is 0 Å². The standard InChI is InChI=1S/C20H36/c1-14(2)15-7-9-17-16(13-15)8-10-18-19(3,4)11-6-12-20(17,18)5/h14-18H,6-13H2,1-5H3/t15?,16?,17-,18?,20-/m1/s1. The summed E-state index contributed by atoms with van der Waals surface area (Å²) in [5.41, 5.74) is 1.28. The molecule has 0 aromatic heterocycles. The third-order valence-corrected chi connectivity index (χ3v) is 7.91. The van der Waals surface area contributed by atoms with Crippen molar-refractivity contribution in [3.8, 4) is 0 Å². The van der Waals surface area contributed by atoms with Gasteiger partial charge in [-0.3, -0.25) is 0 Å². The molecule has 0 radical (unpaired) electrons. The number of fused-ring (bicyclic) bond motifs is 3. The topological polar surface area (TPSA) is 0 Å². The van der Waals surface area contributed by atoms with E-state index in [1.54, 1.807) is 6.42 Å². The normalized spacial score (nSPS) is 47.7. The summed E-state index contributed by atoms with van der Waals surface area (Å²) in [7, 11) is 0. The Morgan fingerprint density at radius 3 is 2.35 bits per heavy atom.